The van der Waals surface area contributed by atoms with Crippen LogP contribution >= 0.6 is 0 Å². The Labute approximate surface area is 81.6 Å². The minimum absolute atomic E-state index is 0.158. The van der Waals surface area contributed by atoms with Crippen LogP contribution in [0.5, 0.6) is 0 Å². The Morgan fingerprint density at radius 3 is 2.46 bits per heavy atom. The molecule has 0 fully saturated rings. The Hall–Kier alpha value is -0.760. The van der Waals surface area contributed by atoms with Gasteiger partial charge >= 0.3 is 0 Å². The second kappa shape index (κ2) is 6.72. The second-order valence-electron chi connectivity index (χ2n) is 3.74. The standard InChI is InChI=1S/C11H21NO/c1-10(9-11(2)13)7-5-6-8-12(3)4/h9,13H,2,5-8H2,1,3-4H3/b10-9+. The zero-order valence-electron chi connectivity index (χ0n) is 9.01. The lowest BCUT2D eigenvalue weighted by atomic mass is 10.1. The Kier molecular flexibility index (Phi) is 6.33. The van der Waals surface area contributed by atoms with Crippen molar-refractivity contribution in [3.63, 3.8) is 0 Å². The molecule has 13 heavy (non-hydrogen) atoms. The Morgan fingerprint density at radius 1 is 1.38 bits per heavy atom. The normalized spacial score (nSPS) is 12.2. The van der Waals surface area contributed by atoms with Crippen LogP contribution in [0.15, 0.2) is 24.0 Å². The molecule has 0 unspecified atom stereocenters. The predicted molar refractivity (Wildman–Crippen MR) is 57.9 cm³/mol. The molecule has 0 aliphatic rings. The highest BCUT2D eigenvalue weighted by atomic mass is 16.3. The number of hydrogen-bond acceptors (Lipinski definition) is 2. The molecule has 2 nitrogen and oxygen atoms in total. The van der Waals surface area contributed by atoms with Crippen LogP contribution in [0, 0.1) is 0 Å². The lowest BCUT2D eigenvalue weighted by Crippen LogP contribution is -2.12. The highest BCUT2D eigenvalue weighted by Crippen LogP contribution is 2.08. The minimum Gasteiger partial charge on any atom is -0.509 e. The third-order valence-corrected chi connectivity index (χ3v) is 1.84. The summed E-state index contributed by atoms with van der Waals surface area (Å²) < 4.78 is 0. The SMILES string of the molecule is C=C(O)/C=C(\C)CCCCN(C)C. The van der Waals surface area contributed by atoms with Crippen molar-refractivity contribution in [3.8, 4) is 0 Å². The zero-order chi connectivity index (χ0) is 10.3. The van der Waals surface area contributed by atoms with Crippen molar-refractivity contribution in [3.05, 3.63) is 24.0 Å². The maximum absolute atomic E-state index is 8.89. The van der Waals surface area contributed by atoms with Crippen molar-refractivity contribution in [2.45, 2.75) is 26.2 Å². The van der Waals surface area contributed by atoms with E-state index in [1.54, 1.807) is 6.08 Å². The molecular formula is C11H21NO. The summed E-state index contributed by atoms with van der Waals surface area (Å²) >= 11 is 0. The first kappa shape index (κ1) is 12.2. The van der Waals surface area contributed by atoms with Crippen LogP contribution in [-0.2, 0) is 0 Å². The molecule has 0 aromatic carbocycles. The van der Waals surface area contributed by atoms with Gasteiger partial charge in [-0.25, -0.2) is 0 Å². The average molecular weight is 183 g/mol. The van der Waals surface area contributed by atoms with Crippen LogP contribution in [0.4, 0.5) is 0 Å². The lowest BCUT2D eigenvalue weighted by Gasteiger charge is -2.08. The third-order valence-electron chi connectivity index (χ3n) is 1.84. The third kappa shape index (κ3) is 9.15. The van der Waals surface area contributed by atoms with Gasteiger partial charge < -0.3 is 10.0 Å². The van der Waals surface area contributed by atoms with Gasteiger partial charge in [0.15, 0.2) is 0 Å². The van der Waals surface area contributed by atoms with Crippen LogP contribution in [-0.4, -0.2) is 30.6 Å². The summed E-state index contributed by atoms with van der Waals surface area (Å²) in [5.74, 6) is 0.158. The van der Waals surface area contributed by atoms with E-state index in [1.165, 1.54) is 18.4 Å². The first-order valence-electron chi connectivity index (χ1n) is 4.72. The molecule has 0 radical (unpaired) electrons. The van der Waals surface area contributed by atoms with Crippen LogP contribution in [0.2, 0.25) is 0 Å². The van der Waals surface area contributed by atoms with E-state index in [0.717, 1.165) is 13.0 Å². The fraction of sp³-hybridized carbons (Fsp3) is 0.636. The van der Waals surface area contributed by atoms with E-state index in [-0.39, 0.29) is 5.76 Å². The van der Waals surface area contributed by atoms with Gasteiger partial charge in [0, 0.05) is 0 Å². The second-order valence-corrected chi connectivity index (χ2v) is 3.74. The molecule has 0 bridgehead atoms. The Balaban J connectivity index is 3.48. The first-order chi connectivity index (χ1) is 6.02. The highest BCUT2D eigenvalue weighted by Gasteiger charge is 1.93. The summed E-state index contributed by atoms with van der Waals surface area (Å²) in [6.45, 7) is 6.58. The average Bonchev–Trinajstić information content (AvgIpc) is 1.96. The van der Waals surface area contributed by atoms with Crippen LogP contribution < -0.4 is 0 Å². The summed E-state index contributed by atoms with van der Waals surface area (Å²) in [7, 11) is 4.16. The van der Waals surface area contributed by atoms with Gasteiger partial charge in [-0.05, 0) is 52.9 Å². The van der Waals surface area contributed by atoms with Crippen molar-refractivity contribution in [2.75, 3.05) is 20.6 Å². The van der Waals surface area contributed by atoms with Crippen molar-refractivity contribution in [1.82, 2.24) is 4.90 Å². The summed E-state index contributed by atoms with van der Waals surface area (Å²) in [5.41, 5.74) is 1.20. The molecule has 2 heteroatoms. The van der Waals surface area contributed by atoms with Gasteiger partial charge in [-0.2, -0.15) is 0 Å². The van der Waals surface area contributed by atoms with Gasteiger partial charge in [0.05, 0.1) is 0 Å². The Bertz CT molecular complexity index is 183. The number of aliphatic hydroxyl groups excluding tert-OH is 1. The van der Waals surface area contributed by atoms with E-state index in [9.17, 15) is 0 Å². The molecule has 0 amide bonds. The number of allylic oxidation sites excluding steroid dienone is 2. The van der Waals surface area contributed by atoms with Gasteiger partial charge in [0.2, 0.25) is 0 Å². The number of aliphatic hydroxyl groups is 1. The smallest absolute Gasteiger partial charge is 0.108 e. The van der Waals surface area contributed by atoms with Gasteiger partial charge in [-0.15, -0.1) is 0 Å². The molecule has 76 valence electrons. The zero-order valence-corrected chi connectivity index (χ0v) is 9.01. The largest absolute Gasteiger partial charge is 0.509 e. The first-order valence-corrected chi connectivity index (χ1v) is 4.72. The van der Waals surface area contributed by atoms with E-state index in [1.807, 2.05) is 6.92 Å². The number of nitrogens with zero attached hydrogens (tertiary/aromatic N) is 1. The predicted octanol–water partition coefficient (Wildman–Crippen LogP) is 2.74. The minimum atomic E-state index is 0.158. The number of hydrogen-bond donors (Lipinski definition) is 1. The van der Waals surface area contributed by atoms with E-state index >= 15 is 0 Å². The van der Waals surface area contributed by atoms with E-state index < -0.39 is 0 Å². The Morgan fingerprint density at radius 2 is 2.00 bits per heavy atom. The van der Waals surface area contributed by atoms with E-state index in [2.05, 4.69) is 25.6 Å². The summed E-state index contributed by atoms with van der Waals surface area (Å²) in [4.78, 5) is 2.18. The van der Waals surface area contributed by atoms with Gasteiger partial charge in [-0.3, -0.25) is 0 Å². The molecule has 0 atom stereocenters. The van der Waals surface area contributed by atoms with Crippen LogP contribution in [0.3, 0.4) is 0 Å². The molecule has 1 N–H and O–H groups in total. The molecule has 0 saturated carbocycles. The van der Waals surface area contributed by atoms with Crippen molar-refractivity contribution in [2.24, 2.45) is 0 Å². The summed E-state index contributed by atoms with van der Waals surface area (Å²) in [5, 5.41) is 8.89. The molecule has 0 heterocycles. The summed E-state index contributed by atoms with van der Waals surface area (Å²) in [6, 6.07) is 0. The molecule has 0 spiro atoms. The molecule has 0 saturated heterocycles. The maximum atomic E-state index is 8.89. The molecular weight excluding hydrogens is 162 g/mol. The fourth-order valence-electron chi connectivity index (χ4n) is 1.19. The van der Waals surface area contributed by atoms with Crippen LogP contribution in [0.25, 0.3) is 0 Å². The highest BCUT2D eigenvalue weighted by molar-refractivity contribution is 5.12. The number of rotatable bonds is 6. The lowest BCUT2D eigenvalue weighted by molar-refractivity contribution is 0.394. The molecule has 0 rings (SSSR count). The fourth-order valence-corrected chi connectivity index (χ4v) is 1.19. The van der Waals surface area contributed by atoms with Gasteiger partial charge in [-0.1, -0.05) is 12.2 Å². The molecule has 0 aromatic heterocycles. The van der Waals surface area contributed by atoms with Crippen molar-refractivity contribution < 1.29 is 5.11 Å². The van der Waals surface area contributed by atoms with Gasteiger partial charge in [0.1, 0.15) is 5.76 Å². The van der Waals surface area contributed by atoms with E-state index in [0.29, 0.717) is 0 Å². The molecule has 0 aliphatic heterocycles. The number of unbranched alkanes of at least 4 members (excludes halogenated alkanes) is 1. The quantitative estimate of drug-likeness (QED) is 0.389. The van der Waals surface area contributed by atoms with Crippen molar-refractivity contribution >= 4 is 0 Å². The summed E-state index contributed by atoms with van der Waals surface area (Å²) in [6.07, 6.45) is 5.16. The maximum Gasteiger partial charge on any atom is 0.108 e. The monoisotopic (exact) mass is 183 g/mol. The van der Waals surface area contributed by atoms with E-state index in [4.69, 9.17) is 5.11 Å². The molecule has 0 aliphatic carbocycles. The van der Waals surface area contributed by atoms with Crippen LogP contribution in [0.1, 0.15) is 26.2 Å². The topological polar surface area (TPSA) is 23.5 Å². The molecule has 0 aromatic rings. The van der Waals surface area contributed by atoms with Gasteiger partial charge in [0.25, 0.3) is 0 Å². The van der Waals surface area contributed by atoms with Crippen molar-refractivity contribution in [1.29, 1.82) is 0 Å².